The van der Waals surface area contributed by atoms with Crippen molar-refractivity contribution in [3.05, 3.63) is 29.3 Å². The molecule has 2 atom stereocenters. The molecule has 1 aliphatic carbocycles. The zero-order valence-electron chi connectivity index (χ0n) is 18.5. The number of hydrogen-bond donors (Lipinski definition) is 0. The monoisotopic (exact) mass is 458 g/mol. The van der Waals surface area contributed by atoms with Crippen LogP contribution in [0.1, 0.15) is 56.4 Å². The number of esters is 2. The molecule has 0 radical (unpaired) electrons. The lowest BCUT2D eigenvalue weighted by Gasteiger charge is -2.31. The van der Waals surface area contributed by atoms with Gasteiger partial charge in [-0.15, -0.1) is 11.3 Å². The molecule has 8 heteroatoms. The number of carbonyl (C=O) groups excluding carboxylic acids is 3. The Balaban J connectivity index is 1.31. The maximum atomic E-state index is 12.9. The first-order valence-corrected chi connectivity index (χ1v) is 12.3. The van der Waals surface area contributed by atoms with Gasteiger partial charge in [0.2, 0.25) is 0 Å². The van der Waals surface area contributed by atoms with Crippen LogP contribution < -0.4 is 0 Å². The molecule has 1 aromatic carbocycles. The lowest BCUT2D eigenvalue weighted by atomic mass is 9.79. The lowest BCUT2D eigenvalue weighted by Crippen LogP contribution is -2.43. The third-order valence-corrected chi connectivity index (χ3v) is 7.67. The Morgan fingerprint density at radius 2 is 1.78 bits per heavy atom. The van der Waals surface area contributed by atoms with Gasteiger partial charge in [-0.05, 0) is 44.7 Å². The number of aromatic nitrogens is 1. The summed E-state index contributed by atoms with van der Waals surface area (Å²) in [6, 6.07) is 8.02. The van der Waals surface area contributed by atoms with E-state index in [-0.39, 0.29) is 42.2 Å². The Morgan fingerprint density at radius 3 is 2.53 bits per heavy atom. The van der Waals surface area contributed by atoms with Crippen molar-refractivity contribution in [2.45, 2.75) is 51.4 Å². The Hall–Kier alpha value is -2.48. The Bertz CT molecular complexity index is 933. The molecule has 2 aromatic rings. The first kappa shape index (κ1) is 22.7. The van der Waals surface area contributed by atoms with Gasteiger partial charge in [0.25, 0.3) is 5.91 Å². The lowest BCUT2D eigenvalue weighted by molar-refractivity contribution is -0.158. The van der Waals surface area contributed by atoms with Crippen molar-refractivity contribution in [2.24, 2.45) is 11.8 Å². The van der Waals surface area contributed by atoms with Crippen LogP contribution in [0.4, 0.5) is 0 Å². The van der Waals surface area contributed by atoms with E-state index < -0.39 is 0 Å². The largest absolute Gasteiger partial charge is 0.466 e. The predicted molar refractivity (Wildman–Crippen MR) is 121 cm³/mol. The summed E-state index contributed by atoms with van der Waals surface area (Å²) in [6.45, 7) is 2.88. The van der Waals surface area contributed by atoms with Crippen LogP contribution in [0, 0.1) is 11.8 Å². The molecular weight excluding hydrogens is 428 g/mol. The summed E-state index contributed by atoms with van der Waals surface area (Å²) in [5, 5.41) is 0.986. The molecule has 0 spiro atoms. The van der Waals surface area contributed by atoms with Gasteiger partial charge in [0.1, 0.15) is 0 Å². The van der Waals surface area contributed by atoms with Crippen LogP contribution in [0.25, 0.3) is 10.2 Å². The number of carbonyl (C=O) groups is 3. The topological polar surface area (TPSA) is 85.8 Å². The molecule has 1 aliphatic heterocycles. The number of benzene rings is 1. The number of likely N-dealkylation sites (tertiary alicyclic amines) is 1. The molecule has 7 nitrogen and oxygen atoms in total. The van der Waals surface area contributed by atoms with Crippen molar-refractivity contribution in [1.29, 1.82) is 0 Å². The maximum Gasteiger partial charge on any atom is 0.310 e. The summed E-state index contributed by atoms with van der Waals surface area (Å²) in [5.74, 6) is -1.06. The standard InChI is InChI=1S/C24H30N2O5S/c1-2-30-23(28)16-11-13-26(14-12-16)21(27)15-31-24(29)18-8-4-3-7-17(18)22-25-19-9-5-6-10-20(19)32-22/h5-6,9-10,16-18H,2-4,7-8,11-15H2,1H3. The Labute approximate surface area is 192 Å². The Kier molecular flexibility index (Phi) is 7.40. The third-order valence-electron chi connectivity index (χ3n) is 6.50. The average molecular weight is 459 g/mol. The zero-order chi connectivity index (χ0) is 22.5. The highest BCUT2D eigenvalue weighted by atomic mass is 32.1. The average Bonchev–Trinajstić information content (AvgIpc) is 3.27. The van der Waals surface area contributed by atoms with Crippen LogP contribution in [0.2, 0.25) is 0 Å². The van der Waals surface area contributed by atoms with Crippen LogP contribution in [-0.4, -0.2) is 54.0 Å². The first-order chi connectivity index (χ1) is 15.6. The molecule has 1 saturated carbocycles. The van der Waals surface area contributed by atoms with E-state index in [1.807, 2.05) is 18.2 Å². The summed E-state index contributed by atoms with van der Waals surface area (Å²) in [4.78, 5) is 43.8. The minimum atomic E-state index is -0.302. The molecule has 4 rings (SSSR count). The highest BCUT2D eigenvalue weighted by Crippen LogP contribution is 2.41. The summed E-state index contributed by atoms with van der Waals surface area (Å²) in [6.07, 6.45) is 4.89. The molecule has 0 bridgehead atoms. The van der Waals surface area contributed by atoms with Crippen LogP contribution in [0.3, 0.4) is 0 Å². The second kappa shape index (κ2) is 10.4. The fraction of sp³-hybridized carbons (Fsp3) is 0.583. The van der Waals surface area contributed by atoms with E-state index in [1.165, 1.54) is 0 Å². The molecule has 0 N–H and O–H groups in total. The second-order valence-electron chi connectivity index (χ2n) is 8.53. The normalized spacial score (nSPS) is 22.0. The van der Waals surface area contributed by atoms with Crippen molar-refractivity contribution in [1.82, 2.24) is 9.88 Å². The summed E-state index contributed by atoms with van der Waals surface area (Å²) < 4.78 is 11.7. The number of fused-ring (bicyclic) bond motifs is 1. The van der Waals surface area contributed by atoms with Gasteiger partial charge in [0.05, 0.1) is 33.7 Å². The third kappa shape index (κ3) is 5.11. The highest BCUT2D eigenvalue weighted by molar-refractivity contribution is 7.18. The van der Waals surface area contributed by atoms with Crippen LogP contribution in [0.5, 0.6) is 0 Å². The fourth-order valence-electron chi connectivity index (χ4n) is 4.71. The number of piperidine rings is 1. The summed E-state index contributed by atoms with van der Waals surface area (Å²) in [7, 11) is 0. The van der Waals surface area contributed by atoms with Gasteiger partial charge in [-0.1, -0.05) is 25.0 Å². The first-order valence-electron chi connectivity index (χ1n) is 11.5. The minimum absolute atomic E-state index is 0.0454. The molecule has 172 valence electrons. The van der Waals surface area contributed by atoms with Gasteiger partial charge in [-0.3, -0.25) is 14.4 Å². The van der Waals surface area contributed by atoms with Gasteiger partial charge < -0.3 is 14.4 Å². The van der Waals surface area contributed by atoms with Crippen molar-refractivity contribution in [2.75, 3.05) is 26.3 Å². The molecule has 2 fully saturated rings. The van der Waals surface area contributed by atoms with Gasteiger partial charge in [0.15, 0.2) is 6.61 Å². The number of hydrogen-bond acceptors (Lipinski definition) is 7. The molecule has 1 aromatic heterocycles. The van der Waals surface area contributed by atoms with E-state index in [4.69, 9.17) is 14.5 Å². The van der Waals surface area contributed by atoms with E-state index in [9.17, 15) is 14.4 Å². The van der Waals surface area contributed by atoms with Crippen LogP contribution >= 0.6 is 11.3 Å². The van der Waals surface area contributed by atoms with E-state index in [0.29, 0.717) is 32.5 Å². The molecule has 1 saturated heterocycles. The maximum absolute atomic E-state index is 12.9. The smallest absolute Gasteiger partial charge is 0.310 e. The van der Waals surface area contributed by atoms with E-state index in [1.54, 1.807) is 23.2 Å². The Morgan fingerprint density at radius 1 is 1.03 bits per heavy atom. The van der Waals surface area contributed by atoms with Crippen molar-refractivity contribution >= 4 is 39.4 Å². The predicted octanol–water partition coefficient (Wildman–Crippen LogP) is 3.92. The minimum Gasteiger partial charge on any atom is -0.466 e. The van der Waals surface area contributed by atoms with E-state index >= 15 is 0 Å². The van der Waals surface area contributed by atoms with E-state index in [2.05, 4.69) is 6.07 Å². The molecule has 2 heterocycles. The van der Waals surface area contributed by atoms with Gasteiger partial charge in [-0.25, -0.2) is 4.98 Å². The highest BCUT2D eigenvalue weighted by Gasteiger charge is 2.36. The molecule has 1 amide bonds. The van der Waals surface area contributed by atoms with Crippen LogP contribution in [0.15, 0.2) is 24.3 Å². The zero-order valence-corrected chi connectivity index (χ0v) is 19.3. The number of para-hydroxylation sites is 1. The second-order valence-corrected chi connectivity index (χ2v) is 9.59. The fourth-order valence-corrected chi connectivity index (χ4v) is 5.88. The summed E-state index contributed by atoms with van der Waals surface area (Å²) >= 11 is 1.65. The molecule has 2 unspecified atom stereocenters. The van der Waals surface area contributed by atoms with Gasteiger partial charge in [0, 0.05) is 19.0 Å². The van der Waals surface area contributed by atoms with Crippen molar-refractivity contribution in [3.8, 4) is 0 Å². The van der Waals surface area contributed by atoms with Gasteiger partial charge >= 0.3 is 11.9 Å². The number of thiazole rings is 1. The van der Waals surface area contributed by atoms with Gasteiger partial charge in [-0.2, -0.15) is 0 Å². The number of rotatable bonds is 6. The number of amides is 1. The molecular formula is C24H30N2O5S. The number of ether oxygens (including phenoxy) is 2. The summed E-state index contributed by atoms with van der Waals surface area (Å²) in [5.41, 5.74) is 0.964. The van der Waals surface area contributed by atoms with Crippen molar-refractivity contribution in [3.63, 3.8) is 0 Å². The van der Waals surface area contributed by atoms with Crippen molar-refractivity contribution < 1.29 is 23.9 Å². The molecule has 2 aliphatic rings. The number of nitrogens with zero attached hydrogens (tertiary/aromatic N) is 2. The SMILES string of the molecule is CCOC(=O)C1CCN(C(=O)COC(=O)C2CCCCC2c2nc3ccccc3s2)CC1. The van der Waals surface area contributed by atoms with Crippen LogP contribution in [-0.2, 0) is 23.9 Å². The van der Waals surface area contributed by atoms with E-state index in [0.717, 1.165) is 40.9 Å². The molecule has 32 heavy (non-hydrogen) atoms. The quantitative estimate of drug-likeness (QED) is 0.610.